The molecule has 0 atom stereocenters. The summed E-state index contributed by atoms with van der Waals surface area (Å²) in [6.07, 6.45) is 11.1. The van der Waals surface area contributed by atoms with E-state index < -0.39 is 0 Å². The monoisotopic (exact) mass is 339 g/mol. The SMILES string of the molecule is CCCCCCCCCC(=O)N1CCC(NC(=O)CNCC)CC1. The molecule has 1 heterocycles. The van der Waals surface area contributed by atoms with E-state index >= 15 is 0 Å². The van der Waals surface area contributed by atoms with Crippen molar-refractivity contribution in [2.75, 3.05) is 26.2 Å². The minimum atomic E-state index is 0.0599. The highest BCUT2D eigenvalue weighted by molar-refractivity contribution is 5.78. The molecule has 1 aliphatic heterocycles. The van der Waals surface area contributed by atoms with Crippen LogP contribution in [0.4, 0.5) is 0 Å². The normalized spacial score (nSPS) is 15.5. The van der Waals surface area contributed by atoms with Crippen LogP contribution >= 0.6 is 0 Å². The molecule has 5 nitrogen and oxygen atoms in total. The number of hydrogen-bond acceptors (Lipinski definition) is 3. The van der Waals surface area contributed by atoms with E-state index in [4.69, 9.17) is 0 Å². The van der Waals surface area contributed by atoms with Crippen molar-refractivity contribution in [3.63, 3.8) is 0 Å². The highest BCUT2D eigenvalue weighted by Gasteiger charge is 2.23. The van der Waals surface area contributed by atoms with E-state index in [0.29, 0.717) is 18.9 Å². The Labute approximate surface area is 147 Å². The summed E-state index contributed by atoms with van der Waals surface area (Å²) < 4.78 is 0. The summed E-state index contributed by atoms with van der Waals surface area (Å²) in [6, 6.07) is 0.221. The summed E-state index contributed by atoms with van der Waals surface area (Å²) in [4.78, 5) is 25.9. The number of nitrogens with zero attached hydrogens (tertiary/aromatic N) is 1. The number of carbonyl (C=O) groups is 2. The second-order valence-electron chi connectivity index (χ2n) is 6.87. The van der Waals surface area contributed by atoms with Gasteiger partial charge in [-0.2, -0.15) is 0 Å². The summed E-state index contributed by atoms with van der Waals surface area (Å²) in [5, 5.41) is 6.08. The number of hydrogen-bond donors (Lipinski definition) is 2. The van der Waals surface area contributed by atoms with Gasteiger partial charge in [-0.15, -0.1) is 0 Å². The molecule has 24 heavy (non-hydrogen) atoms. The smallest absolute Gasteiger partial charge is 0.234 e. The van der Waals surface area contributed by atoms with Crippen molar-refractivity contribution in [1.82, 2.24) is 15.5 Å². The minimum absolute atomic E-state index is 0.0599. The number of carbonyl (C=O) groups excluding carboxylic acids is 2. The van der Waals surface area contributed by atoms with Crippen molar-refractivity contribution >= 4 is 11.8 Å². The van der Waals surface area contributed by atoms with E-state index in [1.165, 1.54) is 38.5 Å². The van der Waals surface area contributed by atoms with Crippen molar-refractivity contribution in [3.05, 3.63) is 0 Å². The average Bonchev–Trinajstić information content (AvgIpc) is 2.59. The van der Waals surface area contributed by atoms with Gasteiger partial charge in [0.05, 0.1) is 6.54 Å². The lowest BCUT2D eigenvalue weighted by molar-refractivity contribution is -0.132. The van der Waals surface area contributed by atoms with E-state index in [9.17, 15) is 9.59 Å². The van der Waals surface area contributed by atoms with Crippen LogP contribution in [0.25, 0.3) is 0 Å². The van der Waals surface area contributed by atoms with Crippen molar-refractivity contribution in [1.29, 1.82) is 0 Å². The van der Waals surface area contributed by atoms with Gasteiger partial charge in [-0.05, 0) is 25.8 Å². The molecule has 0 aliphatic carbocycles. The number of likely N-dealkylation sites (tertiary alicyclic amines) is 1. The van der Waals surface area contributed by atoms with Crippen LogP contribution < -0.4 is 10.6 Å². The first-order valence-electron chi connectivity index (χ1n) is 9.95. The predicted molar refractivity (Wildman–Crippen MR) is 98.9 cm³/mol. The average molecular weight is 340 g/mol. The van der Waals surface area contributed by atoms with E-state index in [2.05, 4.69) is 17.6 Å². The Morgan fingerprint density at radius 2 is 1.58 bits per heavy atom. The van der Waals surface area contributed by atoms with Crippen LogP contribution in [-0.4, -0.2) is 48.9 Å². The molecule has 0 aromatic rings. The van der Waals surface area contributed by atoms with Crippen LogP contribution in [0.15, 0.2) is 0 Å². The molecule has 0 aromatic heterocycles. The molecule has 2 amide bonds. The third kappa shape index (κ3) is 9.26. The molecule has 1 saturated heterocycles. The third-order valence-corrected chi connectivity index (χ3v) is 4.74. The lowest BCUT2D eigenvalue weighted by Crippen LogP contribution is -2.48. The van der Waals surface area contributed by atoms with E-state index in [0.717, 1.165) is 38.9 Å². The van der Waals surface area contributed by atoms with Gasteiger partial charge in [0.2, 0.25) is 11.8 Å². The molecule has 1 fully saturated rings. The standard InChI is InChI=1S/C19H37N3O2/c1-3-5-6-7-8-9-10-11-19(24)22-14-12-17(13-15-22)21-18(23)16-20-4-2/h17,20H,3-16H2,1-2H3,(H,21,23). The molecule has 0 bridgehead atoms. The molecular formula is C19H37N3O2. The lowest BCUT2D eigenvalue weighted by atomic mass is 10.0. The van der Waals surface area contributed by atoms with Crippen molar-refractivity contribution in [3.8, 4) is 0 Å². The number of likely N-dealkylation sites (N-methyl/N-ethyl adjacent to an activating group) is 1. The first-order chi connectivity index (χ1) is 11.7. The third-order valence-electron chi connectivity index (χ3n) is 4.74. The largest absolute Gasteiger partial charge is 0.352 e. The van der Waals surface area contributed by atoms with Crippen molar-refractivity contribution in [2.24, 2.45) is 0 Å². The van der Waals surface area contributed by atoms with Gasteiger partial charge in [0, 0.05) is 25.6 Å². The van der Waals surface area contributed by atoms with Crippen LogP contribution in [0, 0.1) is 0 Å². The molecule has 1 aliphatic rings. The molecule has 0 unspecified atom stereocenters. The maximum Gasteiger partial charge on any atom is 0.234 e. The molecule has 0 aromatic carbocycles. The zero-order chi connectivity index (χ0) is 17.6. The van der Waals surface area contributed by atoms with Crippen molar-refractivity contribution in [2.45, 2.75) is 84.1 Å². The van der Waals surface area contributed by atoms with Gasteiger partial charge in [0.15, 0.2) is 0 Å². The number of piperidine rings is 1. The first kappa shape index (κ1) is 20.9. The van der Waals surface area contributed by atoms with Gasteiger partial charge in [0.25, 0.3) is 0 Å². The van der Waals surface area contributed by atoms with Crippen LogP contribution in [0.1, 0.15) is 78.1 Å². The number of unbranched alkanes of at least 4 members (excludes halogenated alkanes) is 6. The second-order valence-corrected chi connectivity index (χ2v) is 6.87. The van der Waals surface area contributed by atoms with Crippen LogP contribution in [0.3, 0.4) is 0 Å². The zero-order valence-corrected chi connectivity index (χ0v) is 15.7. The highest BCUT2D eigenvalue weighted by atomic mass is 16.2. The molecule has 0 saturated carbocycles. The Bertz CT molecular complexity index is 353. The van der Waals surface area contributed by atoms with Gasteiger partial charge in [-0.25, -0.2) is 0 Å². The van der Waals surface area contributed by atoms with Gasteiger partial charge in [0.1, 0.15) is 0 Å². The Morgan fingerprint density at radius 1 is 0.958 bits per heavy atom. The zero-order valence-electron chi connectivity index (χ0n) is 15.7. The summed E-state index contributed by atoms with van der Waals surface area (Å²) in [5.74, 6) is 0.352. The summed E-state index contributed by atoms with van der Waals surface area (Å²) >= 11 is 0. The Hall–Kier alpha value is -1.10. The van der Waals surface area contributed by atoms with E-state index in [1.54, 1.807) is 0 Å². The molecule has 0 radical (unpaired) electrons. The van der Waals surface area contributed by atoms with Gasteiger partial charge >= 0.3 is 0 Å². The van der Waals surface area contributed by atoms with E-state index in [-0.39, 0.29) is 11.9 Å². The molecule has 2 N–H and O–H groups in total. The Balaban J connectivity index is 2.07. The molecular weight excluding hydrogens is 302 g/mol. The fraction of sp³-hybridized carbons (Fsp3) is 0.895. The Morgan fingerprint density at radius 3 is 2.21 bits per heavy atom. The fourth-order valence-corrected chi connectivity index (χ4v) is 3.18. The number of amides is 2. The van der Waals surface area contributed by atoms with Gasteiger partial charge in [-0.3, -0.25) is 9.59 Å². The summed E-state index contributed by atoms with van der Waals surface area (Å²) in [6.45, 7) is 6.97. The number of rotatable bonds is 12. The molecule has 0 spiro atoms. The van der Waals surface area contributed by atoms with Gasteiger partial charge < -0.3 is 15.5 Å². The second kappa shape index (κ2) is 13.2. The maximum atomic E-state index is 12.2. The quantitative estimate of drug-likeness (QED) is 0.538. The summed E-state index contributed by atoms with van der Waals surface area (Å²) in [5.41, 5.74) is 0. The number of nitrogens with one attached hydrogen (secondary N) is 2. The summed E-state index contributed by atoms with van der Waals surface area (Å²) in [7, 11) is 0. The highest BCUT2D eigenvalue weighted by Crippen LogP contribution is 2.14. The lowest BCUT2D eigenvalue weighted by Gasteiger charge is -2.32. The van der Waals surface area contributed by atoms with Crippen LogP contribution in [0.2, 0.25) is 0 Å². The van der Waals surface area contributed by atoms with E-state index in [1.807, 2.05) is 11.8 Å². The Kier molecular flexibility index (Phi) is 11.5. The molecule has 5 heteroatoms. The molecule has 1 rings (SSSR count). The van der Waals surface area contributed by atoms with Crippen LogP contribution in [0.5, 0.6) is 0 Å². The van der Waals surface area contributed by atoms with Crippen molar-refractivity contribution < 1.29 is 9.59 Å². The maximum absolute atomic E-state index is 12.2. The first-order valence-corrected chi connectivity index (χ1v) is 9.95. The topological polar surface area (TPSA) is 61.4 Å². The fourth-order valence-electron chi connectivity index (χ4n) is 3.18. The predicted octanol–water partition coefficient (Wildman–Crippen LogP) is 2.84. The van der Waals surface area contributed by atoms with Crippen LogP contribution in [-0.2, 0) is 9.59 Å². The van der Waals surface area contributed by atoms with Gasteiger partial charge in [-0.1, -0.05) is 52.4 Å². The molecule has 140 valence electrons. The minimum Gasteiger partial charge on any atom is -0.352 e.